The number of hydrogen-bond donors (Lipinski definition) is 1. The first-order valence-electron chi connectivity index (χ1n) is 10.8. The Kier molecular flexibility index (Phi) is 6.59. The van der Waals surface area contributed by atoms with Gasteiger partial charge in [0.15, 0.2) is 5.11 Å². The predicted octanol–water partition coefficient (Wildman–Crippen LogP) is 5.29. The minimum Gasteiger partial charge on any atom is -0.494 e. The maximum atomic E-state index is 13.4. The van der Waals surface area contributed by atoms with Crippen LogP contribution in [-0.2, 0) is 9.59 Å². The van der Waals surface area contributed by atoms with Crippen LogP contribution in [0.4, 0.5) is 5.69 Å². The lowest BCUT2D eigenvalue weighted by atomic mass is 10.1. The van der Waals surface area contributed by atoms with Gasteiger partial charge in [-0.25, -0.2) is 0 Å². The molecule has 0 spiro atoms. The highest BCUT2D eigenvalue weighted by Gasteiger charge is 2.35. The molecule has 6 nitrogen and oxygen atoms in total. The Morgan fingerprint density at radius 1 is 1.09 bits per heavy atom. The van der Waals surface area contributed by atoms with E-state index in [0.717, 1.165) is 28.4 Å². The Morgan fingerprint density at radius 3 is 2.47 bits per heavy atom. The summed E-state index contributed by atoms with van der Waals surface area (Å²) < 4.78 is 7.60. The predicted molar refractivity (Wildman–Crippen MR) is 139 cm³/mol. The summed E-state index contributed by atoms with van der Waals surface area (Å²) in [6.07, 6.45) is 1.61. The molecule has 0 atom stereocenters. The quantitative estimate of drug-likeness (QED) is 0.298. The van der Waals surface area contributed by atoms with Crippen molar-refractivity contribution in [2.75, 3.05) is 11.5 Å². The van der Waals surface area contributed by atoms with Crippen molar-refractivity contribution < 1.29 is 14.3 Å². The fourth-order valence-electron chi connectivity index (χ4n) is 4.06. The summed E-state index contributed by atoms with van der Waals surface area (Å²) in [5.74, 6) is -0.227. The maximum absolute atomic E-state index is 13.4. The van der Waals surface area contributed by atoms with Crippen LogP contribution in [-0.4, -0.2) is 28.1 Å². The zero-order valence-electron chi connectivity index (χ0n) is 19.3. The van der Waals surface area contributed by atoms with E-state index in [1.165, 1.54) is 4.90 Å². The molecule has 8 heteroatoms. The van der Waals surface area contributed by atoms with Crippen LogP contribution < -0.4 is 15.0 Å². The highest BCUT2D eigenvalue weighted by Crippen LogP contribution is 2.30. The number of carbonyl (C=O) groups excluding carboxylic acids is 2. The molecule has 0 saturated carbocycles. The fraction of sp³-hybridized carbons (Fsp3) is 0.192. The van der Waals surface area contributed by atoms with Crippen molar-refractivity contribution in [1.82, 2.24) is 9.88 Å². The Balaban J connectivity index is 1.74. The number of carbonyl (C=O) groups is 2. The zero-order valence-corrected chi connectivity index (χ0v) is 20.9. The molecule has 3 aromatic rings. The van der Waals surface area contributed by atoms with Crippen LogP contribution in [0.1, 0.15) is 29.4 Å². The Labute approximate surface area is 208 Å². The van der Waals surface area contributed by atoms with Gasteiger partial charge in [0.1, 0.15) is 11.3 Å². The van der Waals surface area contributed by atoms with Crippen molar-refractivity contribution in [3.05, 3.63) is 81.6 Å². The Bertz CT molecular complexity index is 1340. The number of thiocarbonyl (C=S) groups is 1. The lowest BCUT2D eigenvalue weighted by Crippen LogP contribution is -2.54. The third kappa shape index (κ3) is 4.24. The van der Waals surface area contributed by atoms with Crippen molar-refractivity contribution in [3.63, 3.8) is 0 Å². The van der Waals surface area contributed by atoms with Gasteiger partial charge in [0.25, 0.3) is 11.8 Å². The molecule has 1 aromatic heterocycles. The molecule has 2 aromatic carbocycles. The highest BCUT2D eigenvalue weighted by molar-refractivity contribution is 7.80. The molecule has 2 amide bonds. The molecular formula is C26H24ClN3O3S. The number of anilines is 1. The van der Waals surface area contributed by atoms with Crippen LogP contribution in [0.3, 0.4) is 0 Å². The summed E-state index contributed by atoms with van der Waals surface area (Å²) in [5, 5.41) is 3.17. The number of aryl methyl sites for hydroxylation is 1. The van der Waals surface area contributed by atoms with Gasteiger partial charge >= 0.3 is 0 Å². The first-order valence-corrected chi connectivity index (χ1v) is 11.6. The number of hydrogen-bond acceptors (Lipinski definition) is 4. The van der Waals surface area contributed by atoms with Crippen molar-refractivity contribution in [1.29, 1.82) is 0 Å². The molecule has 1 aliphatic rings. The number of nitrogens with one attached hydrogen (secondary N) is 1. The van der Waals surface area contributed by atoms with E-state index >= 15 is 0 Å². The summed E-state index contributed by atoms with van der Waals surface area (Å²) in [4.78, 5) is 27.5. The third-order valence-electron chi connectivity index (χ3n) is 5.76. The molecular weight excluding hydrogens is 470 g/mol. The Morgan fingerprint density at radius 2 is 1.79 bits per heavy atom. The topological polar surface area (TPSA) is 63.6 Å². The zero-order chi connectivity index (χ0) is 24.6. The molecule has 0 unspecified atom stereocenters. The molecule has 2 heterocycles. The first kappa shape index (κ1) is 23.7. The molecule has 1 saturated heterocycles. The number of nitrogens with zero attached hydrogens (tertiary/aromatic N) is 2. The smallest absolute Gasteiger partial charge is 0.270 e. The number of rotatable bonds is 5. The van der Waals surface area contributed by atoms with E-state index in [-0.39, 0.29) is 10.7 Å². The molecule has 34 heavy (non-hydrogen) atoms. The molecule has 1 fully saturated rings. The molecule has 1 aliphatic heterocycles. The van der Waals surface area contributed by atoms with Crippen molar-refractivity contribution in [2.24, 2.45) is 0 Å². The van der Waals surface area contributed by atoms with E-state index in [9.17, 15) is 9.59 Å². The number of amides is 2. The Hall–Kier alpha value is -3.42. The van der Waals surface area contributed by atoms with E-state index in [1.807, 2.05) is 51.1 Å². The number of halogens is 1. The number of aromatic nitrogens is 1. The monoisotopic (exact) mass is 493 g/mol. The molecule has 4 rings (SSSR count). The van der Waals surface area contributed by atoms with Crippen molar-refractivity contribution in [2.45, 2.75) is 27.7 Å². The van der Waals surface area contributed by atoms with Gasteiger partial charge in [-0.2, -0.15) is 0 Å². The van der Waals surface area contributed by atoms with Crippen molar-refractivity contribution in [3.8, 4) is 11.4 Å². The van der Waals surface area contributed by atoms with E-state index in [1.54, 1.807) is 31.2 Å². The fourth-order valence-corrected chi connectivity index (χ4v) is 4.50. The average Bonchev–Trinajstić information content (AvgIpc) is 3.07. The summed E-state index contributed by atoms with van der Waals surface area (Å²) in [6, 6.07) is 15.0. The van der Waals surface area contributed by atoms with E-state index in [2.05, 4.69) is 9.88 Å². The van der Waals surface area contributed by atoms with Gasteiger partial charge in [-0.15, -0.1) is 0 Å². The highest BCUT2D eigenvalue weighted by atomic mass is 35.5. The van der Waals surface area contributed by atoms with Crippen LogP contribution in [0.25, 0.3) is 11.8 Å². The second-order valence-corrected chi connectivity index (χ2v) is 8.72. The van der Waals surface area contributed by atoms with E-state index in [4.69, 9.17) is 28.6 Å². The summed E-state index contributed by atoms with van der Waals surface area (Å²) in [6.45, 7) is 8.27. The van der Waals surface area contributed by atoms with Gasteiger partial charge in [-0.05, 0) is 99.6 Å². The average molecular weight is 494 g/mol. The van der Waals surface area contributed by atoms with Gasteiger partial charge in [0.2, 0.25) is 0 Å². The molecule has 174 valence electrons. The lowest BCUT2D eigenvalue weighted by Gasteiger charge is -2.30. The minimum atomic E-state index is -0.531. The van der Waals surface area contributed by atoms with Gasteiger partial charge in [0.05, 0.1) is 12.3 Å². The van der Waals surface area contributed by atoms with E-state index < -0.39 is 11.8 Å². The largest absolute Gasteiger partial charge is 0.494 e. The standard InChI is InChI=1S/C26H24ClN3O3S/c1-5-33-20-11-9-19(10-12-20)29-15(2)13-18(17(29)4)14-21-24(31)28-26(34)30(25(21)32)23-8-6-7-22(27)16(23)3/h6-14H,5H2,1-4H3,(H,28,31,34)/b21-14+. The third-order valence-corrected chi connectivity index (χ3v) is 6.45. The van der Waals surface area contributed by atoms with Gasteiger partial charge in [-0.3, -0.25) is 19.8 Å². The van der Waals surface area contributed by atoms with Gasteiger partial charge < -0.3 is 9.30 Å². The lowest BCUT2D eigenvalue weighted by molar-refractivity contribution is -0.122. The van der Waals surface area contributed by atoms with Crippen LogP contribution in [0.2, 0.25) is 5.02 Å². The van der Waals surface area contributed by atoms with E-state index in [0.29, 0.717) is 22.9 Å². The van der Waals surface area contributed by atoms with Crippen LogP contribution in [0.15, 0.2) is 54.1 Å². The normalized spacial score (nSPS) is 15.1. The number of benzene rings is 2. The minimum absolute atomic E-state index is 0.0000748. The van der Waals surface area contributed by atoms with Crippen LogP contribution in [0, 0.1) is 20.8 Å². The van der Waals surface area contributed by atoms with Crippen LogP contribution >= 0.6 is 23.8 Å². The molecule has 0 radical (unpaired) electrons. The van der Waals surface area contributed by atoms with Gasteiger partial charge in [-0.1, -0.05) is 17.7 Å². The SMILES string of the molecule is CCOc1ccc(-n2c(C)cc(/C=C3\C(=O)NC(=S)N(c4cccc(Cl)c4C)C3=O)c2C)cc1. The molecule has 0 aliphatic carbocycles. The van der Waals surface area contributed by atoms with Crippen LogP contribution in [0.5, 0.6) is 5.75 Å². The first-order chi connectivity index (χ1) is 16.2. The number of ether oxygens (including phenoxy) is 1. The van der Waals surface area contributed by atoms with Gasteiger partial charge in [0, 0.05) is 22.1 Å². The summed E-state index contributed by atoms with van der Waals surface area (Å²) in [5.41, 5.74) is 4.82. The second kappa shape index (κ2) is 9.44. The maximum Gasteiger partial charge on any atom is 0.270 e. The summed E-state index contributed by atoms with van der Waals surface area (Å²) in [7, 11) is 0. The van der Waals surface area contributed by atoms with Crippen molar-refractivity contribution >= 4 is 52.5 Å². The molecule has 1 N–H and O–H groups in total. The summed E-state index contributed by atoms with van der Waals surface area (Å²) >= 11 is 11.6. The second-order valence-electron chi connectivity index (χ2n) is 7.93. The molecule has 0 bridgehead atoms.